The van der Waals surface area contributed by atoms with Gasteiger partial charge in [-0.05, 0) is 29.8 Å². The van der Waals surface area contributed by atoms with E-state index in [2.05, 4.69) is 10.0 Å². The first kappa shape index (κ1) is 15.5. The van der Waals surface area contributed by atoms with Crippen molar-refractivity contribution in [2.24, 2.45) is 5.10 Å². The van der Waals surface area contributed by atoms with Gasteiger partial charge in [-0.3, -0.25) is 9.59 Å². The standard InChI is InChI=1S/C19H17N3O3/c23-18-16-3-1-2-4-17(16)19(24)22(18)20-13-14-5-7-15(8-6-14)21-9-11-25-12-10-21/h1-8,13H,9-12H2/b20-13+. The molecule has 0 N–H and O–H groups in total. The van der Waals surface area contributed by atoms with Gasteiger partial charge in [-0.25, -0.2) is 0 Å². The van der Waals surface area contributed by atoms with Crippen LogP contribution in [0.1, 0.15) is 26.3 Å². The van der Waals surface area contributed by atoms with E-state index in [1.54, 1.807) is 24.3 Å². The topological polar surface area (TPSA) is 62.2 Å². The van der Waals surface area contributed by atoms with Crippen molar-refractivity contribution in [3.8, 4) is 0 Å². The SMILES string of the molecule is O=C1c2ccccc2C(=O)N1/N=C/c1ccc(N2CCOCC2)cc1. The fraction of sp³-hybridized carbons (Fsp3) is 0.211. The molecule has 0 aliphatic carbocycles. The van der Waals surface area contributed by atoms with Crippen LogP contribution in [-0.2, 0) is 4.74 Å². The number of amides is 2. The molecular weight excluding hydrogens is 318 g/mol. The van der Waals surface area contributed by atoms with Crippen molar-refractivity contribution in [1.29, 1.82) is 0 Å². The predicted octanol–water partition coefficient (Wildman–Crippen LogP) is 2.15. The number of hydrazone groups is 1. The van der Waals surface area contributed by atoms with Gasteiger partial charge in [-0.1, -0.05) is 24.3 Å². The molecule has 2 aromatic carbocycles. The smallest absolute Gasteiger partial charge is 0.282 e. The van der Waals surface area contributed by atoms with Crippen molar-refractivity contribution in [2.75, 3.05) is 31.2 Å². The van der Waals surface area contributed by atoms with E-state index in [1.165, 1.54) is 6.21 Å². The zero-order valence-electron chi connectivity index (χ0n) is 13.6. The number of anilines is 1. The van der Waals surface area contributed by atoms with Gasteiger partial charge in [0.15, 0.2) is 0 Å². The number of hydrogen-bond donors (Lipinski definition) is 0. The van der Waals surface area contributed by atoms with Gasteiger partial charge in [-0.2, -0.15) is 10.1 Å². The Labute approximate surface area is 145 Å². The Kier molecular flexibility index (Phi) is 4.03. The maximum Gasteiger partial charge on any atom is 0.282 e. The molecule has 2 amide bonds. The molecule has 0 aromatic heterocycles. The molecule has 0 spiro atoms. The normalized spacial score (nSPS) is 17.4. The zero-order valence-corrected chi connectivity index (χ0v) is 13.6. The summed E-state index contributed by atoms with van der Waals surface area (Å²) in [5, 5.41) is 5.01. The van der Waals surface area contributed by atoms with Gasteiger partial charge in [0.2, 0.25) is 0 Å². The van der Waals surface area contributed by atoms with E-state index in [1.807, 2.05) is 24.3 Å². The van der Waals surface area contributed by atoms with Crippen LogP contribution >= 0.6 is 0 Å². The third-order valence-corrected chi connectivity index (χ3v) is 4.36. The van der Waals surface area contributed by atoms with E-state index in [4.69, 9.17) is 4.74 Å². The summed E-state index contributed by atoms with van der Waals surface area (Å²) in [6.07, 6.45) is 1.53. The van der Waals surface area contributed by atoms with Crippen LogP contribution in [0, 0.1) is 0 Å². The molecule has 126 valence electrons. The summed E-state index contributed by atoms with van der Waals surface area (Å²) in [5.41, 5.74) is 2.74. The molecule has 1 saturated heterocycles. The lowest BCUT2D eigenvalue weighted by molar-refractivity contribution is 0.0660. The maximum absolute atomic E-state index is 12.3. The quantitative estimate of drug-likeness (QED) is 0.637. The van der Waals surface area contributed by atoms with Gasteiger partial charge in [0, 0.05) is 18.8 Å². The van der Waals surface area contributed by atoms with E-state index in [-0.39, 0.29) is 11.8 Å². The Bertz CT molecular complexity index is 804. The van der Waals surface area contributed by atoms with Crippen LogP contribution in [0.2, 0.25) is 0 Å². The van der Waals surface area contributed by atoms with Crippen molar-refractivity contribution in [2.45, 2.75) is 0 Å². The number of hydrogen-bond acceptors (Lipinski definition) is 5. The first-order valence-electron chi connectivity index (χ1n) is 8.18. The van der Waals surface area contributed by atoms with Crippen LogP contribution in [0.25, 0.3) is 0 Å². The van der Waals surface area contributed by atoms with E-state index >= 15 is 0 Å². The second-order valence-corrected chi connectivity index (χ2v) is 5.90. The fourth-order valence-electron chi connectivity index (χ4n) is 3.00. The number of rotatable bonds is 3. The van der Waals surface area contributed by atoms with E-state index in [0.717, 1.165) is 42.6 Å². The van der Waals surface area contributed by atoms with Crippen LogP contribution in [0.5, 0.6) is 0 Å². The third-order valence-electron chi connectivity index (χ3n) is 4.36. The lowest BCUT2D eigenvalue weighted by Gasteiger charge is -2.28. The Hall–Kier alpha value is -2.99. The predicted molar refractivity (Wildman–Crippen MR) is 94.0 cm³/mol. The van der Waals surface area contributed by atoms with E-state index < -0.39 is 0 Å². The summed E-state index contributed by atoms with van der Waals surface area (Å²) in [7, 11) is 0. The molecule has 25 heavy (non-hydrogen) atoms. The van der Waals surface area contributed by atoms with Gasteiger partial charge in [0.05, 0.1) is 30.6 Å². The second kappa shape index (κ2) is 6.49. The number of fused-ring (bicyclic) bond motifs is 1. The number of ether oxygens (including phenoxy) is 1. The Balaban J connectivity index is 1.49. The molecule has 0 saturated carbocycles. The molecule has 0 radical (unpaired) electrons. The van der Waals surface area contributed by atoms with Crippen LogP contribution < -0.4 is 4.90 Å². The summed E-state index contributed by atoms with van der Waals surface area (Å²) in [6, 6.07) is 14.6. The fourth-order valence-corrected chi connectivity index (χ4v) is 3.00. The molecule has 2 aromatic rings. The molecule has 0 atom stereocenters. The van der Waals surface area contributed by atoms with E-state index in [0.29, 0.717) is 11.1 Å². The highest BCUT2D eigenvalue weighted by atomic mass is 16.5. The monoisotopic (exact) mass is 335 g/mol. The average molecular weight is 335 g/mol. The Morgan fingerprint density at radius 3 is 2.08 bits per heavy atom. The Morgan fingerprint density at radius 2 is 1.48 bits per heavy atom. The molecule has 2 aliphatic heterocycles. The largest absolute Gasteiger partial charge is 0.378 e. The number of morpholine rings is 1. The third kappa shape index (κ3) is 2.92. The Morgan fingerprint density at radius 1 is 0.880 bits per heavy atom. The number of imide groups is 1. The van der Waals surface area contributed by atoms with E-state index in [9.17, 15) is 9.59 Å². The van der Waals surface area contributed by atoms with Gasteiger partial charge >= 0.3 is 0 Å². The minimum Gasteiger partial charge on any atom is -0.378 e. The highest BCUT2D eigenvalue weighted by molar-refractivity contribution is 6.21. The molecule has 6 heteroatoms. The highest BCUT2D eigenvalue weighted by Crippen LogP contribution is 2.22. The summed E-state index contributed by atoms with van der Waals surface area (Å²) in [6.45, 7) is 3.23. The molecule has 4 rings (SSSR count). The number of nitrogens with zero attached hydrogens (tertiary/aromatic N) is 3. The molecule has 0 bridgehead atoms. The van der Waals surface area contributed by atoms with Gasteiger partial charge in [0.25, 0.3) is 11.8 Å². The number of carbonyl (C=O) groups is 2. The van der Waals surface area contributed by atoms with Gasteiger partial charge in [-0.15, -0.1) is 0 Å². The first-order chi connectivity index (χ1) is 12.2. The molecular formula is C19H17N3O3. The van der Waals surface area contributed by atoms with Crippen molar-refractivity contribution in [3.63, 3.8) is 0 Å². The number of carbonyl (C=O) groups excluding carboxylic acids is 2. The second-order valence-electron chi connectivity index (χ2n) is 5.90. The highest BCUT2D eigenvalue weighted by Gasteiger charge is 2.35. The molecule has 2 heterocycles. The summed E-state index contributed by atoms with van der Waals surface area (Å²) < 4.78 is 5.36. The lowest BCUT2D eigenvalue weighted by atomic mass is 10.1. The molecule has 1 fully saturated rings. The number of benzene rings is 2. The van der Waals surface area contributed by atoms with Crippen molar-refractivity contribution in [1.82, 2.24) is 5.01 Å². The summed E-state index contributed by atoms with van der Waals surface area (Å²) in [5.74, 6) is -0.774. The molecule has 0 unspecified atom stereocenters. The molecule has 2 aliphatic rings. The van der Waals surface area contributed by atoms with Crippen LogP contribution in [0.3, 0.4) is 0 Å². The molecule has 6 nitrogen and oxygen atoms in total. The van der Waals surface area contributed by atoms with Crippen LogP contribution in [0.4, 0.5) is 5.69 Å². The average Bonchev–Trinajstić information content (AvgIpc) is 2.92. The van der Waals surface area contributed by atoms with Gasteiger partial charge in [0.1, 0.15) is 0 Å². The van der Waals surface area contributed by atoms with Crippen LogP contribution in [0.15, 0.2) is 53.6 Å². The summed E-state index contributed by atoms with van der Waals surface area (Å²) in [4.78, 5) is 26.8. The van der Waals surface area contributed by atoms with Crippen molar-refractivity contribution in [3.05, 3.63) is 65.2 Å². The first-order valence-corrected chi connectivity index (χ1v) is 8.18. The minimum absolute atomic E-state index is 0.387. The minimum atomic E-state index is -0.387. The van der Waals surface area contributed by atoms with Gasteiger partial charge < -0.3 is 9.64 Å². The van der Waals surface area contributed by atoms with Crippen LogP contribution in [-0.4, -0.2) is 49.3 Å². The maximum atomic E-state index is 12.3. The lowest BCUT2D eigenvalue weighted by Crippen LogP contribution is -2.36. The summed E-state index contributed by atoms with van der Waals surface area (Å²) >= 11 is 0. The zero-order chi connectivity index (χ0) is 17.2. The van der Waals surface area contributed by atoms with Crippen molar-refractivity contribution < 1.29 is 14.3 Å². The van der Waals surface area contributed by atoms with Crippen molar-refractivity contribution >= 4 is 23.7 Å².